The fourth-order valence-corrected chi connectivity index (χ4v) is 3.21. The lowest BCUT2D eigenvalue weighted by Crippen LogP contribution is -2.26. The van der Waals surface area contributed by atoms with Gasteiger partial charge in [-0.1, -0.05) is 62.8 Å². The molecular formula is C25H32O3. The summed E-state index contributed by atoms with van der Waals surface area (Å²) >= 11 is 0. The molecule has 0 radical (unpaired) electrons. The van der Waals surface area contributed by atoms with Gasteiger partial charge in [-0.05, 0) is 67.0 Å². The van der Waals surface area contributed by atoms with Gasteiger partial charge < -0.3 is 15.3 Å². The van der Waals surface area contributed by atoms with E-state index >= 15 is 0 Å². The zero-order chi connectivity index (χ0) is 20.4. The second kappa shape index (κ2) is 10.7. The standard InChI is InChI=1S/C25H32O3/c1-3-25(28,4-2)15-8-6-5-7-10-20-11-9-12-21(16-20)13-14-22-17-23(26)19-24(27)18-22/h7,9-14,16-19,26-28H,3-6,8,15H2,1-2H3. The molecule has 0 bridgehead atoms. The number of unbranched alkanes of at least 4 members (excludes halogenated alkanes) is 2. The minimum atomic E-state index is -0.489. The molecule has 3 heteroatoms. The lowest BCUT2D eigenvalue weighted by atomic mass is 9.91. The van der Waals surface area contributed by atoms with Gasteiger partial charge in [-0.3, -0.25) is 0 Å². The topological polar surface area (TPSA) is 60.7 Å². The van der Waals surface area contributed by atoms with Gasteiger partial charge in [0.25, 0.3) is 0 Å². The Kier molecular flexibility index (Phi) is 8.34. The molecule has 0 aliphatic rings. The molecule has 0 aliphatic heterocycles. The van der Waals surface area contributed by atoms with Crippen LogP contribution in [0.15, 0.2) is 48.5 Å². The summed E-state index contributed by atoms with van der Waals surface area (Å²) in [7, 11) is 0. The van der Waals surface area contributed by atoms with Crippen LogP contribution in [-0.2, 0) is 0 Å². The first-order valence-corrected chi connectivity index (χ1v) is 10.1. The molecule has 0 heterocycles. The molecule has 0 spiro atoms. The number of phenols is 2. The van der Waals surface area contributed by atoms with Crippen molar-refractivity contribution in [2.45, 2.75) is 58.0 Å². The average Bonchev–Trinajstić information content (AvgIpc) is 2.68. The third-order valence-corrected chi connectivity index (χ3v) is 5.19. The Morgan fingerprint density at radius 2 is 1.39 bits per heavy atom. The van der Waals surface area contributed by atoms with Gasteiger partial charge in [0, 0.05) is 6.07 Å². The summed E-state index contributed by atoms with van der Waals surface area (Å²) < 4.78 is 0. The minimum Gasteiger partial charge on any atom is -0.508 e. The van der Waals surface area contributed by atoms with Crippen LogP contribution in [0.25, 0.3) is 18.2 Å². The van der Waals surface area contributed by atoms with Crippen LogP contribution < -0.4 is 0 Å². The maximum Gasteiger partial charge on any atom is 0.119 e. The van der Waals surface area contributed by atoms with Gasteiger partial charge in [0.1, 0.15) is 11.5 Å². The van der Waals surface area contributed by atoms with Crippen molar-refractivity contribution in [1.29, 1.82) is 0 Å². The van der Waals surface area contributed by atoms with Gasteiger partial charge in [0.15, 0.2) is 0 Å². The molecule has 0 aromatic heterocycles. The number of benzene rings is 2. The van der Waals surface area contributed by atoms with E-state index < -0.39 is 5.60 Å². The van der Waals surface area contributed by atoms with Crippen molar-refractivity contribution >= 4 is 18.2 Å². The second-order valence-electron chi connectivity index (χ2n) is 7.37. The molecule has 150 valence electrons. The molecule has 28 heavy (non-hydrogen) atoms. The molecule has 0 amide bonds. The molecular weight excluding hydrogens is 348 g/mol. The Bertz CT molecular complexity index is 781. The smallest absolute Gasteiger partial charge is 0.119 e. The van der Waals surface area contributed by atoms with Gasteiger partial charge >= 0.3 is 0 Å². The van der Waals surface area contributed by atoms with E-state index in [1.54, 1.807) is 12.1 Å². The molecule has 3 N–H and O–H groups in total. The normalized spacial score (nSPS) is 12.2. The molecule has 2 aromatic carbocycles. The summed E-state index contributed by atoms with van der Waals surface area (Å²) in [5.41, 5.74) is 2.45. The van der Waals surface area contributed by atoms with Crippen LogP contribution in [-0.4, -0.2) is 20.9 Å². The Hall–Kier alpha value is -2.52. The van der Waals surface area contributed by atoms with E-state index in [1.807, 2.05) is 38.1 Å². The zero-order valence-corrected chi connectivity index (χ0v) is 16.9. The first-order valence-electron chi connectivity index (χ1n) is 10.1. The number of aliphatic hydroxyl groups is 1. The number of hydrogen-bond donors (Lipinski definition) is 3. The first kappa shape index (κ1) is 21.8. The van der Waals surface area contributed by atoms with Crippen LogP contribution in [0.3, 0.4) is 0 Å². The van der Waals surface area contributed by atoms with E-state index in [1.165, 1.54) is 6.07 Å². The fourth-order valence-electron chi connectivity index (χ4n) is 3.21. The number of phenolic OH excluding ortho intramolecular Hbond substituents is 2. The zero-order valence-electron chi connectivity index (χ0n) is 16.9. The van der Waals surface area contributed by atoms with Gasteiger partial charge in [-0.25, -0.2) is 0 Å². The number of allylic oxidation sites excluding steroid dienone is 1. The van der Waals surface area contributed by atoms with Crippen LogP contribution in [0.2, 0.25) is 0 Å². The summed E-state index contributed by atoms with van der Waals surface area (Å²) in [5.74, 6) is 0.0975. The van der Waals surface area contributed by atoms with Crippen molar-refractivity contribution in [2.75, 3.05) is 0 Å². The van der Waals surface area contributed by atoms with E-state index in [9.17, 15) is 15.3 Å². The predicted octanol–water partition coefficient (Wildman–Crippen LogP) is 6.39. The quantitative estimate of drug-likeness (QED) is 0.330. The summed E-state index contributed by atoms with van der Waals surface area (Å²) in [4.78, 5) is 0. The Morgan fingerprint density at radius 3 is 2.04 bits per heavy atom. The Balaban J connectivity index is 1.87. The Morgan fingerprint density at radius 1 is 0.786 bits per heavy atom. The highest BCUT2D eigenvalue weighted by Gasteiger charge is 2.20. The molecule has 3 nitrogen and oxygen atoms in total. The highest BCUT2D eigenvalue weighted by atomic mass is 16.3. The fraction of sp³-hybridized carbons (Fsp3) is 0.360. The van der Waals surface area contributed by atoms with E-state index in [0.29, 0.717) is 0 Å². The second-order valence-corrected chi connectivity index (χ2v) is 7.37. The third-order valence-electron chi connectivity index (χ3n) is 5.19. The van der Waals surface area contributed by atoms with Crippen molar-refractivity contribution in [2.24, 2.45) is 0 Å². The number of hydrogen-bond acceptors (Lipinski definition) is 3. The van der Waals surface area contributed by atoms with E-state index in [2.05, 4.69) is 24.3 Å². The highest BCUT2D eigenvalue weighted by Crippen LogP contribution is 2.23. The monoisotopic (exact) mass is 380 g/mol. The van der Waals surface area contributed by atoms with Gasteiger partial charge in [-0.2, -0.15) is 0 Å². The molecule has 2 aromatic rings. The lowest BCUT2D eigenvalue weighted by molar-refractivity contribution is 0.0213. The number of rotatable bonds is 10. The maximum absolute atomic E-state index is 10.3. The van der Waals surface area contributed by atoms with Gasteiger partial charge in [0.05, 0.1) is 5.60 Å². The number of aromatic hydroxyl groups is 2. The van der Waals surface area contributed by atoms with E-state index in [0.717, 1.165) is 55.2 Å². The van der Waals surface area contributed by atoms with E-state index in [-0.39, 0.29) is 11.5 Å². The highest BCUT2D eigenvalue weighted by molar-refractivity contribution is 5.72. The van der Waals surface area contributed by atoms with Crippen molar-refractivity contribution in [3.05, 3.63) is 65.2 Å². The SMILES string of the molecule is CCC(O)(CC)CCCCC=Cc1cccc(C=Cc2cc(O)cc(O)c2)c1. The largest absolute Gasteiger partial charge is 0.508 e. The minimum absolute atomic E-state index is 0.0487. The summed E-state index contributed by atoms with van der Waals surface area (Å²) in [6, 6.07) is 12.7. The molecule has 0 aliphatic carbocycles. The van der Waals surface area contributed by atoms with Crippen molar-refractivity contribution in [3.63, 3.8) is 0 Å². The van der Waals surface area contributed by atoms with Crippen LogP contribution in [0.4, 0.5) is 0 Å². The predicted molar refractivity (Wildman–Crippen MR) is 118 cm³/mol. The molecule has 0 fully saturated rings. The van der Waals surface area contributed by atoms with Crippen molar-refractivity contribution in [3.8, 4) is 11.5 Å². The molecule has 0 saturated heterocycles. The van der Waals surface area contributed by atoms with E-state index in [4.69, 9.17) is 0 Å². The summed E-state index contributed by atoms with van der Waals surface area (Å²) in [5, 5.41) is 29.4. The summed E-state index contributed by atoms with van der Waals surface area (Å²) in [6.45, 7) is 4.10. The molecule has 0 unspecified atom stereocenters. The lowest BCUT2D eigenvalue weighted by Gasteiger charge is -2.24. The summed E-state index contributed by atoms with van der Waals surface area (Å²) in [6.07, 6.45) is 13.8. The van der Waals surface area contributed by atoms with Crippen LogP contribution in [0, 0.1) is 0 Å². The van der Waals surface area contributed by atoms with Crippen molar-refractivity contribution < 1.29 is 15.3 Å². The maximum atomic E-state index is 10.3. The Labute approximate surface area is 168 Å². The first-order chi connectivity index (χ1) is 13.4. The van der Waals surface area contributed by atoms with Crippen LogP contribution >= 0.6 is 0 Å². The van der Waals surface area contributed by atoms with Gasteiger partial charge in [0.2, 0.25) is 0 Å². The van der Waals surface area contributed by atoms with Crippen molar-refractivity contribution in [1.82, 2.24) is 0 Å². The molecule has 2 rings (SSSR count). The molecule has 0 saturated carbocycles. The third kappa shape index (κ3) is 7.24. The average molecular weight is 381 g/mol. The van der Waals surface area contributed by atoms with Gasteiger partial charge in [-0.15, -0.1) is 0 Å². The molecule has 0 atom stereocenters. The van der Waals surface area contributed by atoms with Crippen LogP contribution in [0.1, 0.15) is 69.1 Å². The van der Waals surface area contributed by atoms with Crippen LogP contribution in [0.5, 0.6) is 11.5 Å².